The van der Waals surface area contributed by atoms with Crippen LogP contribution in [0.2, 0.25) is 0 Å². The number of ether oxygens (including phenoxy) is 2. The van der Waals surface area contributed by atoms with E-state index in [0.29, 0.717) is 31.9 Å². The monoisotopic (exact) mass is 373 g/mol. The molecule has 7 heteroatoms. The van der Waals surface area contributed by atoms with Gasteiger partial charge in [0.05, 0.1) is 19.3 Å². The van der Waals surface area contributed by atoms with Crippen molar-refractivity contribution in [2.75, 3.05) is 13.2 Å². The van der Waals surface area contributed by atoms with Crippen LogP contribution in [0.1, 0.15) is 31.2 Å². The summed E-state index contributed by atoms with van der Waals surface area (Å²) in [5.41, 5.74) is 0.832. The Labute approximate surface area is 159 Å². The minimum atomic E-state index is -0.234. The molecule has 0 saturated carbocycles. The van der Waals surface area contributed by atoms with E-state index in [2.05, 4.69) is 17.2 Å². The maximum atomic E-state index is 12.4. The molecular formula is C20H27N3O4. The first kappa shape index (κ1) is 19.4. The van der Waals surface area contributed by atoms with Gasteiger partial charge < -0.3 is 24.5 Å². The Balaban J connectivity index is 1.53. The van der Waals surface area contributed by atoms with Crippen LogP contribution in [0.5, 0.6) is 5.75 Å². The SMILES string of the molecule is CCc1nccn1CCC(=O)N[C@H]1CCOC[C@@H]1Oc1ccc(CO)cc1. The highest BCUT2D eigenvalue weighted by molar-refractivity contribution is 5.76. The summed E-state index contributed by atoms with van der Waals surface area (Å²) in [5.74, 6) is 1.69. The van der Waals surface area contributed by atoms with Crippen LogP contribution < -0.4 is 10.1 Å². The van der Waals surface area contributed by atoms with Crippen LogP contribution in [-0.2, 0) is 29.1 Å². The van der Waals surface area contributed by atoms with Crippen LogP contribution in [0.4, 0.5) is 0 Å². The summed E-state index contributed by atoms with van der Waals surface area (Å²) in [7, 11) is 0. The summed E-state index contributed by atoms with van der Waals surface area (Å²) >= 11 is 0. The van der Waals surface area contributed by atoms with Crippen LogP contribution in [0.15, 0.2) is 36.7 Å². The lowest BCUT2D eigenvalue weighted by Crippen LogP contribution is -2.51. The molecular weight excluding hydrogens is 346 g/mol. The van der Waals surface area contributed by atoms with E-state index in [1.54, 1.807) is 6.20 Å². The predicted octanol–water partition coefficient (Wildman–Crippen LogP) is 1.68. The lowest BCUT2D eigenvalue weighted by molar-refractivity contribution is -0.124. The second kappa shape index (κ2) is 9.53. The molecule has 1 aromatic heterocycles. The Morgan fingerprint density at radius 1 is 1.41 bits per heavy atom. The van der Waals surface area contributed by atoms with Gasteiger partial charge in [-0.15, -0.1) is 0 Å². The number of aliphatic hydroxyl groups is 1. The molecule has 0 aliphatic carbocycles. The minimum absolute atomic E-state index is 0.00174. The number of benzene rings is 1. The first-order valence-corrected chi connectivity index (χ1v) is 9.43. The first-order chi connectivity index (χ1) is 13.2. The van der Waals surface area contributed by atoms with Crippen molar-refractivity contribution in [1.82, 2.24) is 14.9 Å². The van der Waals surface area contributed by atoms with E-state index in [0.717, 1.165) is 24.2 Å². The van der Waals surface area contributed by atoms with Gasteiger partial charge in [-0.1, -0.05) is 19.1 Å². The van der Waals surface area contributed by atoms with Crippen molar-refractivity contribution >= 4 is 5.91 Å². The number of hydrogen-bond donors (Lipinski definition) is 2. The fourth-order valence-corrected chi connectivity index (χ4v) is 3.20. The Bertz CT molecular complexity index is 729. The summed E-state index contributed by atoms with van der Waals surface area (Å²) in [4.78, 5) is 16.7. The highest BCUT2D eigenvalue weighted by Gasteiger charge is 2.29. The number of aryl methyl sites for hydroxylation is 2. The molecule has 0 radical (unpaired) electrons. The van der Waals surface area contributed by atoms with Crippen molar-refractivity contribution in [3.05, 3.63) is 48.0 Å². The van der Waals surface area contributed by atoms with Crippen LogP contribution in [0, 0.1) is 0 Å². The summed E-state index contributed by atoms with van der Waals surface area (Å²) in [6.07, 6.45) is 5.40. The van der Waals surface area contributed by atoms with Crippen molar-refractivity contribution in [1.29, 1.82) is 0 Å². The van der Waals surface area contributed by atoms with E-state index in [9.17, 15) is 4.79 Å². The zero-order chi connectivity index (χ0) is 19.1. The second-order valence-electron chi connectivity index (χ2n) is 6.64. The van der Waals surface area contributed by atoms with Gasteiger partial charge in [0.1, 0.15) is 17.7 Å². The van der Waals surface area contributed by atoms with Gasteiger partial charge in [-0.25, -0.2) is 4.98 Å². The van der Waals surface area contributed by atoms with Crippen molar-refractivity contribution in [3.8, 4) is 5.75 Å². The standard InChI is InChI=1S/C20H27N3O4/c1-2-19-21-9-11-23(19)10-7-20(25)22-17-8-12-26-14-18(17)27-16-5-3-15(13-24)4-6-16/h3-6,9,11,17-18,24H,2,7-8,10,12-14H2,1H3,(H,22,25)/t17-,18-/m0/s1. The zero-order valence-corrected chi connectivity index (χ0v) is 15.6. The van der Waals surface area contributed by atoms with E-state index in [4.69, 9.17) is 14.6 Å². The van der Waals surface area contributed by atoms with E-state index in [1.807, 2.05) is 35.0 Å². The summed E-state index contributed by atoms with van der Waals surface area (Å²) < 4.78 is 13.6. The Hall–Kier alpha value is -2.38. The van der Waals surface area contributed by atoms with Crippen LogP contribution >= 0.6 is 0 Å². The van der Waals surface area contributed by atoms with Crippen molar-refractivity contribution in [3.63, 3.8) is 0 Å². The summed E-state index contributed by atoms with van der Waals surface area (Å²) in [5, 5.41) is 12.2. The van der Waals surface area contributed by atoms with Crippen LogP contribution in [-0.4, -0.2) is 45.9 Å². The Morgan fingerprint density at radius 2 is 2.22 bits per heavy atom. The highest BCUT2D eigenvalue weighted by atomic mass is 16.5. The zero-order valence-electron chi connectivity index (χ0n) is 15.6. The van der Waals surface area contributed by atoms with Crippen LogP contribution in [0.3, 0.4) is 0 Å². The molecule has 2 heterocycles. The fourth-order valence-electron chi connectivity index (χ4n) is 3.20. The van der Waals surface area contributed by atoms with Gasteiger partial charge in [0, 0.05) is 38.4 Å². The van der Waals surface area contributed by atoms with E-state index in [1.165, 1.54) is 0 Å². The molecule has 2 N–H and O–H groups in total. The third kappa shape index (κ3) is 5.30. The van der Waals surface area contributed by atoms with Crippen molar-refractivity contribution in [2.45, 2.75) is 51.5 Å². The predicted molar refractivity (Wildman–Crippen MR) is 100 cm³/mol. The average Bonchev–Trinajstić information content (AvgIpc) is 3.16. The Morgan fingerprint density at radius 3 is 2.96 bits per heavy atom. The number of aromatic nitrogens is 2. The van der Waals surface area contributed by atoms with Crippen molar-refractivity contribution in [2.24, 2.45) is 0 Å². The molecule has 1 saturated heterocycles. The lowest BCUT2D eigenvalue weighted by atomic mass is 10.1. The summed E-state index contributed by atoms with van der Waals surface area (Å²) in [6, 6.07) is 7.21. The highest BCUT2D eigenvalue weighted by Crippen LogP contribution is 2.19. The molecule has 1 aromatic carbocycles. The van der Waals surface area contributed by atoms with Gasteiger partial charge in [0.25, 0.3) is 0 Å². The largest absolute Gasteiger partial charge is 0.486 e. The molecule has 2 aromatic rings. The van der Waals surface area contributed by atoms with Gasteiger partial charge in [0.2, 0.25) is 5.91 Å². The third-order valence-corrected chi connectivity index (χ3v) is 4.74. The normalized spacial score (nSPS) is 19.6. The molecule has 146 valence electrons. The quantitative estimate of drug-likeness (QED) is 0.735. The topological polar surface area (TPSA) is 85.6 Å². The number of carbonyl (C=O) groups excluding carboxylic acids is 1. The maximum Gasteiger partial charge on any atom is 0.222 e. The molecule has 0 spiro atoms. The molecule has 0 bridgehead atoms. The molecule has 7 nitrogen and oxygen atoms in total. The number of nitrogens with one attached hydrogen (secondary N) is 1. The number of amides is 1. The number of hydrogen-bond acceptors (Lipinski definition) is 5. The fraction of sp³-hybridized carbons (Fsp3) is 0.500. The molecule has 27 heavy (non-hydrogen) atoms. The van der Waals surface area contributed by atoms with Gasteiger partial charge in [-0.05, 0) is 24.1 Å². The molecule has 3 rings (SSSR count). The minimum Gasteiger partial charge on any atom is -0.486 e. The lowest BCUT2D eigenvalue weighted by Gasteiger charge is -2.32. The van der Waals surface area contributed by atoms with Gasteiger partial charge >= 0.3 is 0 Å². The van der Waals surface area contributed by atoms with Crippen LogP contribution in [0.25, 0.3) is 0 Å². The van der Waals surface area contributed by atoms with Crippen molar-refractivity contribution < 1.29 is 19.4 Å². The van der Waals surface area contributed by atoms with E-state index < -0.39 is 0 Å². The smallest absolute Gasteiger partial charge is 0.222 e. The maximum absolute atomic E-state index is 12.4. The van der Waals surface area contributed by atoms with Gasteiger partial charge in [0.15, 0.2) is 0 Å². The number of imidazole rings is 1. The number of carbonyl (C=O) groups is 1. The molecule has 1 fully saturated rings. The molecule has 1 aliphatic rings. The van der Waals surface area contributed by atoms with E-state index in [-0.39, 0.29) is 24.7 Å². The third-order valence-electron chi connectivity index (χ3n) is 4.74. The van der Waals surface area contributed by atoms with E-state index >= 15 is 0 Å². The molecule has 1 aliphatic heterocycles. The first-order valence-electron chi connectivity index (χ1n) is 9.43. The van der Waals surface area contributed by atoms with Gasteiger partial charge in [-0.2, -0.15) is 0 Å². The molecule has 2 atom stereocenters. The summed E-state index contributed by atoms with van der Waals surface area (Å²) in [6.45, 7) is 3.72. The molecule has 1 amide bonds. The average molecular weight is 373 g/mol. The van der Waals surface area contributed by atoms with Gasteiger partial charge in [-0.3, -0.25) is 4.79 Å². The Kier molecular flexibility index (Phi) is 6.84. The number of rotatable bonds is 8. The number of nitrogens with zero attached hydrogens (tertiary/aromatic N) is 2. The second-order valence-corrected chi connectivity index (χ2v) is 6.64. The molecule has 0 unspecified atom stereocenters. The number of aliphatic hydroxyl groups excluding tert-OH is 1.